The zero-order chi connectivity index (χ0) is 16.6. The summed E-state index contributed by atoms with van der Waals surface area (Å²) in [5.74, 6) is -0.844. The van der Waals surface area contributed by atoms with E-state index in [4.69, 9.17) is 5.73 Å². The molecule has 0 amide bonds. The average molecular weight is 381 g/mol. The highest BCUT2D eigenvalue weighted by Crippen LogP contribution is 2.30. The Morgan fingerprint density at radius 2 is 1.76 bits per heavy atom. The Hall–Kier alpha value is -0.660. The van der Waals surface area contributed by atoms with Crippen LogP contribution in [0.3, 0.4) is 0 Å². The molecule has 1 aromatic carbocycles. The second kappa shape index (κ2) is 5.85. The Balaban J connectivity index is 3.19. The van der Waals surface area contributed by atoms with Gasteiger partial charge in [-0.05, 0) is 53.7 Å². The first-order chi connectivity index (χ1) is 9.23. The topological polar surface area (TPSA) is 72.2 Å². The number of anilines is 1. The minimum atomic E-state index is -4.00. The molecule has 0 saturated heterocycles. The van der Waals surface area contributed by atoms with Crippen LogP contribution in [0.1, 0.15) is 41.0 Å². The van der Waals surface area contributed by atoms with Crippen LogP contribution in [-0.4, -0.2) is 14.0 Å². The van der Waals surface area contributed by atoms with Gasteiger partial charge in [0, 0.05) is 11.2 Å². The van der Waals surface area contributed by atoms with E-state index in [1.54, 1.807) is 13.8 Å². The van der Waals surface area contributed by atoms with Crippen LogP contribution in [0.15, 0.2) is 21.5 Å². The van der Waals surface area contributed by atoms with Crippen molar-refractivity contribution in [2.45, 2.75) is 51.5 Å². The van der Waals surface area contributed by atoms with Crippen LogP contribution in [0, 0.1) is 11.2 Å². The normalized spacial score (nSPS) is 13.5. The third-order valence-corrected chi connectivity index (χ3v) is 4.96. The molecular weight excluding hydrogens is 359 g/mol. The summed E-state index contributed by atoms with van der Waals surface area (Å²) < 4.78 is 41.5. The van der Waals surface area contributed by atoms with E-state index in [1.165, 1.54) is 6.07 Å². The summed E-state index contributed by atoms with van der Waals surface area (Å²) in [5.41, 5.74) is 5.00. The van der Waals surface area contributed by atoms with Gasteiger partial charge in [-0.3, -0.25) is 0 Å². The quantitative estimate of drug-likeness (QED) is 0.782. The predicted octanol–water partition coefficient (Wildman–Crippen LogP) is 3.66. The molecule has 0 unspecified atom stereocenters. The van der Waals surface area contributed by atoms with Crippen LogP contribution in [0.5, 0.6) is 0 Å². The Labute approximate surface area is 134 Å². The van der Waals surface area contributed by atoms with Gasteiger partial charge in [0.2, 0.25) is 10.0 Å². The van der Waals surface area contributed by atoms with E-state index in [1.807, 2.05) is 20.8 Å². The van der Waals surface area contributed by atoms with Gasteiger partial charge in [0.15, 0.2) is 5.82 Å². The molecule has 1 aromatic rings. The van der Waals surface area contributed by atoms with Crippen molar-refractivity contribution in [1.29, 1.82) is 0 Å². The zero-order valence-electron chi connectivity index (χ0n) is 12.9. The Bertz CT molecular complexity index is 637. The van der Waals surface area contributed by atoms with Gasteiger partial charge >= 0.3 is 0 Å². The molecule has 3 N–H and O–H groups in total. The van der Waals surface area contributed by atoms with Crippen LogP contribution in [0.25, 0.3) is 0 Å². The van der Waals surface area contributed by atoms with Crippen molar-refractivity contribution in [3.63, 3.8) is 0 Å². The summed E-state index contributed by atoms with van der Waals surface area (Å²) in [7, 11) is -4.00. The van der Waals surface area contributed by atoms with E-state index < -0.39 is 26.3 Å². The number of halogens is 2. The van der Waals surface area contributed by atoms with Crippen LogP contribution >= 0.6 is 15.9 Å². The summed E-state index contributed by atoms with van der Waals surface area (Å²) in [6.45, 7) is 9.59. The van der Waals surface area contributed by atoms with E-state index in [0.29, 0.717) is 6.42 Å². The third kappa shape index (κ3) is 5.23. The highest BCUT2D eigenvalue weighted by atomic mass is 79.9. The first kappa shape index (κ1) is 18.4. The van der Waals surface area contributed by atoms with Crippen LogP contribution in [0.4, 0.5) is 10.1 Å². The SMILES string of the molecule is CC(C)(C)CC(C)(C)NS(=O)(=O)c1cc(N)cc(Br)c1F. The maximum absolute atomic E-state index is 14.1. The molecule has 0 aromatic heterocycles. The van der Waals surface area contributed by atoms with Crippen molar-refractivity contribution in [3.05, 3.63) is 22.4 Å². The standard InChI is InChI=1S/C14H22BrFN2O2S/c1-13(2,3)8-14(4,5)18-21(19,20)11-7-9(17)6-10(15)12(11)16/h6-7,18H,8,17H2,1-5H3. The Kier molecular flexibility index (Phi) is 5.12. The van der Waals surface area contributed by atoms with Gasteiger partial charge in [-0.2, -0.15) is 0 Å². The highest BCUT2D eigenvalue weighted by molar-refractivity contribution is 9.10. The summed E-state index contributed by atoms with van der Waals surface area (Å²) >= 11 is 2.97. The van der Waals surface area contributed by atoms with Gasteiger partial charge in [0.25, 0.3) is 0 Å². The van der Waals surface area contributed by atoms with Gasteiger partial charge in [-0.1, -0.05) is 20.8 Å². The van der Waals surface area contributed by atoms with E-state index in [-0.39, 0.29) is 15.6 Å². The molecule has 0 aliphatic heterocycles. The lowest BCUT2D eigenvalue weighted by Crippen LogP contribution is -2.45. The van der Waals surface area contributed by atoms with E-state index in [2.05, 4.69) is 20.7 Å². The summed E-state index contributed by atoms with van der Waals surface area (Å²) in [5, 5.41) is 0. The maximum atomic E-state index is 14.1. The predicted molar refractivity (Wildman–Crippen MR) is 87.0 cm³/mol. The molecule has 0 aliphatic rings. The summed E-state index contributed by atoms with van der Waals surface area (Å²) in [4.78, 5) is -0.448. The smallest absolute Gasteiger partial charge is 0.244 e. The molecule has 7 heteroatoms. The molecule has 0 atom stereocenters. The van der Waals surface area contributed by atoms with Crippen molar-refractivity contribution in [1.82, 2.24) is 4.72 Å². The van der Waals surface area contributed by atoms with E-state index >= 15 is 0 Å². The van der Waals surface area contributed by atoms with Crippen LogP contribution in [0.2, 0.25) is 0 Å². The molecular formula is C14H22BrFN2O2S. The number of nitrogens with one attached hydrogen (secondary N) is 1. The fraction of sp³-hybridized carbons (Fsp3) is 0.571. The Morgan fingerprint density at radius 3 is 2.24 bits per heavy atom. The Morgan fingerprint density at radius 1 is 1.24 bits per heavy atom. The number of hydrogen-bond acceptors (Lipinski definition) is 3. The second-order valence-corrected chi connectivity index (χ2v) is 9.55. The van der Waals surface area contributed by atoms with Gasteiger partial charge in [0.1, 0.15) is 4.90 Å². The van der Waals surface area contributed by atoms with Crippen molar-refractivity contribution < 1.29 is 12.8 Å². The lowest BCUT2D eigenvalue weighted by molar-refractivity contribution is 0.269. The monoisotopic (exact) mass is 380 g/mol. The van der Waals surface area contributed by atoms with Crippen molar-refractivity contribution in [3.8, 4) is 0 Å². The molecule has 0 bridgehead atoms. The number of sulfonamides is 1. The van der Waals surface area contributed by atoms with Crippen molar-refractivity contribution >= 4 is 31.6 Å². The van der Waals surface area contributed by atoms with Gasteiger partial charge < -0.3 is 5.73 Å². The molecule has 0 spiro atoms. The number of nitrogen functional groups attached to an aromatic ring is 1. The number of rotatable bonds is 4. The molecule has 120 valence electrons. The van der Waals surface area contributed by atoms with Gasteiger partial charge in [0.05, 0.1) is 4.47 Å². The molecule has 0 aliphatic carbocycles. The second-order valence-electron chi connectivity index (χ2n) is 7.04. The van der Waals surface area contributed by atoms with Crippen molar-refractivity contribution in [2.24, 2.45) is 5.41 Å². The molecule has 4 nitrogen and oxygen atoms in total. The first-order valence-electron chi connectivity index (χ1n) is 6.52. The lowest BCUT2D eigenvalue weighted by atomic mass is 9.82. The van der Waals surface area contributed by atoms with Gasteiger partial charge in [-0.15, -0.1) is 0 Å². The van der Waals surface area contributed by atoms with Gasteiger partial charge in [-0.25, -0.2) is 17.5 Å². The highest BCUT2D eigenvalue weighted by Gasteiger charge is 2.32. The first-order valence-corrected chi connectivity index (χ1v) is 8.80. The largest absolute Gasteiger partial charge is 0.399 e. The fourth-order valence-corrected chi connectivity index (χ4v) is 4.72. The number of hydrogen-bond donors (Lipinski definition) is 2. The van der Waals surface area contributed by atoms with Crippen LogP contribution in [-0.2, 0) is 10.0 Å². The van der Waals surface area contributed by atoms with E-state index in [0.717, 1.165) is 6.07 Å². The molecule has 0 fully saturated rings. The molecule has 1 rings (SSSR count). The van der Waals surface area contributed by atoms with Crippen LogP contribution < -0.4 is 10.5 Å². The molecule has 0 radical (unpaired) electrons. The number of nitrogens with two attached hydrogens (primary N) is 1. The minimum Gasteiger partial charge on any atom is -0.399 e. The molecule has 0 saturated carbocycles. The maximum Gasteiger partial charge on any atom is 0.244 e. The fourth-order valence-electron chi connectivity index (χ4n) is 2.56. The lowest BCUT2D eigenvalue weighted by Gasteiger charge is -2.33. The molecule has 21 heavy (non-hydrogen) atoms. The minimum absolute atomic E-state index is 0.0245. The zero-order valence-corrected chi connectivity index (χ0v) is 15.3. The van der Waals surface area contributed by atoms with E-state index in [9.17, 15) is 12.8 Å². The average Bonchev–Trinajstić information content (AvgIpc) is 2.17. The summed E-state index contributed by atoms with van der Waals surface area (Å²) in [6.07, 6.45) is 0.602. The third-order valence-electron chi connectivity index (χ3n) is 2.69. The number of benzene rings is 1. The summed E-state index contributed by atoms with van der Waals surface area (Å²) in [6, 6.07) is 2.45. The van der Waals surface area contributed by atoms with Crippen molar-refractivity contribution in [2.75, 3.05) is 5.73 Å². The molecule has 0 heterocycles.